The molecule has 0 heterocycles. The molecule has 0 saturated carbocycles. The van der Waals surface area contributed by atoms with Crippen molar-refractivity contribution >= 4 is 14.3 Å². The van der Waals surface area contributed by atoms with E-state index in [1.54, 1.807) is 6.92 Å². The van der Waals surface area contributed by atoms with Crippen molar-refractivity contribution in [2.45, 2.75) is 39.8 Å². The van der Waals surface area contributed by atoms with Crippen molar-refractivity contribution in [3.05, 3.63) is 0 Å². The highest BCUT2D eigenvalue weighted by molar-refractivity contribution is 7.49. The molecule has 0 aromatic carbocycles. The lowest BCUT2D eigenvalue weighted by Gasteiger charge is -2.22. The third-order valence-corrected chi connectivity index (χ3v) is 3.82. The van der Waals surface area contributed by atoms with E-state index in [1.807, 2.05) is 20.8 Å². The van der Waals surface area contributed by atoms with Gasteiger partial charge in [-0.2, -0.15) is 0 Å². The largest absolute Gasteiger partial charge is 0.465 e. The van der Waals surface area contributed by atoms with Gasteiger partial charge in [0.25, 0.3) is 0 Å². The van der Waals surface area contributed by atoms with Gasteiger partial charge >= 0.3 is 5.97 Å². The van der Waals surface area contributed by atoms with Crippen molar-refractivity contribution in [2.24, 2.45) is 0 Å². The van der Waals surface area contributed by atoms with Crippen molar-refractivity contribution < 1.29 is 18.6 Å². The summed E-state index contributed by atoms with van der Waals surface area (Å²) in [6, 6.07) is 0. The predicted molar refractivity (Wildman–Crippen MR) is 60.9 cm³/mol. The van der Waals surface area contributed by atoms with Crippen molar-refractivity contribution in [2.75, 3.05) is 19.8 Å². The molecule has 0 aliphatic heterocycles. The van der Waals surface area contributed by atoms with Gasteiger partial charge in [0.2, 0.25) is 0 Å². The summed E-state index contributed by atoms with van der Waals surface area (Å²) < 4.78 is 15.9. The fraction of sp³-hybridized carbons (Fsp3) is 0.900. The summed E-state index contributed by atoms with van der Waals surface area (Å²) in [5.41, 5.74) is -0.264. The standard InChI is InChI=1S/C10H21O4P/c1-5-9(10(11)12-6-2)15(13-7-3)14-8-4/h9H,5-8H2,1-4H3. The minimum absolute atomic E-state index is 0.215. The molecule has 5 heteroatoms. The summed E-state index contributed by atoms with van der Waals surface area (Å²) in [6.45, 7) is 9.04. The Balaban J connectivity index is 4.35. The first-order valence-electron chi connectivity index (χ1n) is 5.42. The topological polar surface area (TPSA) is 44.8 Å². The highest BCUT2D eigenvalue weighted by Gasteiger charge is 2.30. The van der Waals surface area contributed by atoms with E-state index in [9.17, 15) is 4.79 Å². The molecule has 90 valence electrons. The lowest BCUT2D eigenvalue weighted by atomic mass is 10.3. The fourth-order valence-corrected chi connectivity index (χ4v) is 2.60. The molecule has 4 nitrogen and oxygen atoms in total. The normalized spacial score (nSPS) is 12.9. The molecule has 0 fully saturated rings. The van der Waals surface area contributed by atoms with Crippen LogP contribution in [0, 0.1) is 0 Å². The smallest absolute Gasteiger partial charge is 0.317 e. The maximum absolute atomic E-state index is 11.6. The van der Waals surface area contributed by atoms with E-state index in [0.29, 0.717) is 26.2 Å². The minimum atomic E-state index is -1.15. The van der Waals surface area contributed by atoms with Gasteiger partial charge in [0, 0.05) is 0 Å². The van der Waals surface area contributed by atoms with Gasteiger partial charge in [0.05, 0.1) is 19.8 Å². The Morgan fingerprint density at radius 2 is 1.60 bits per heavy atom. The van der Waals surface area contributed by atoms with Crippen molar-refractivity contribution in [3.63, 3.8) is 0 Å². The third-order valence-electron chi connectivity index (χ3n) is 1.71. The molecule has 0 saturated heterocycles. The Kier molecular flexibility index (Phi) is 8.97. The molecule has 0 aromatic rings. The van der Waals surface area contributed by atoms with E-state index in [2.05, 4.69) is 0 Å². The van der Waals surface area contributed by atoms with Crippen LogP contribution >= 0.6 is 8.38 Å². The first kappa shape index (κ1) is 14.8. The quantitative estimate of drug-likeness (QED) is 0.480. The van der Waals surface area contributed by atoms with E-state index in [0.717, 1.165) is 0 Å². The molecule has 0 aliphatic carbocycles. The zero-order valence-corrected chi connectivity index (χ0v) is 10.9. The number of hydrogen-bond donors (Lipinski definition) is 0. The van der Waals surface area contributed by atoms with Crippen LogP contribution in [0.2, 0.25) is 0 Å². The van der Waals surface area contributed by atoms with E-state index in [4.69, 9.17) is 13.8 Å². The van der Waals surface area contributed by atoms with Crippen LogP contribution in [0.5, 0.6) is 0 Å². The maximum atomic E-state index is 11.6. The van der Waals surface area contributed by atoms with Crippen molar-refractivity contribution in [1.29, 1.82) is 0 Å². The second-order valence-electron chi connectivity index (χ2n) is 2.80. The zero-order chi connectivity index (χ0) is 11.7. The van der Waals surface area contributed by atoms with Gasteiger partial charge < -0.3 is 13.8 Å². The van der Waals surface area contributed by atoms with Crippen LogP contribution in [-0.4, -0.2) is 31.4 Å². The van der Waals surface area contributed by atoms with Crippen LogP contribution in [-0.2, 0) is 18.6 Å². The maximum Gasteiger partial charge on any atom is 0.317 e. The zero-order valence-electron chi connectivity index (χ0n) is 9.99. The second kappa shape index (κ2) is 9.08. The van der Waals surface area contributed by atoms with Crippen LogP contribution in [0.3, 0.4) is 0 Å². The Bertz CT molecular complexity index is 169. The lowest BCUT2D eigenvalue weighted by molar-refractivity contribution is -0.142. The van der Waals surface area contributed by atoms with Crippen LogP contribution in [0.1, 0.15) is 34.1 Å². The van der Waals surface area contributed by atoms with E-state index in [-0.39, 0.29) is 11.6 Å². The molecular formula is C10H21O4P. The molecule has 0 spiro atoms. The van der Waals surface area contributed by atoms with Crippen LogP contribution < -0.4 is 0 Å². The average molecular weight is 236 g/mol. The summed E-state index contributed by atoms with van der Waals surface area (Å²) in [5, 5.41) is 0. The number of carbonyl (C=O) groups excluding carboxylic acids is 1. The molecule has 0 radical (unpaired) electrons. The molecule has 15 heavy (non-hydrogen) atoms. The highest BCUT2D eigenvalue weighted by Crippen LogP contribution is 2.45. The highest BCUT2D eigenvalue weighted by atomic mass is 31.2. The number of esters is 1. The number of hydrogen-bond acceptors (Lipinski definition) is 4. The summed E-state index contributed by atoms with van der Waals surface area (Å²) in [5.74, 6) is -0.215. The average Bonchev–Trinajstić information content (AvgIpc) is 2.20. The van der Waals surface area contributed by atoms with E-state index in [1.165, 1.54) is 0 Å². The van der Waals surface area contributed by atoms with Crippen molar-refractivity contribution in [1.82, 2.24) is 0 Å². The van der Waals surface area contributed by atoms with Gasteiger partial charge in [-0.05, 0) is 27.2 Å². The number of carbonyl (C=O) groups is 1. The van der Waals surface area contributed by atoms with E-state index >= 15 is 0 Å². The molecule has 0 bridgehead atoms. The third kappa shape index (κ3) is 5.45. The van der Waals surface area contributed by atoms with Gasteiger partial charge in [-0.15, -0.1) is 0 Å². The molecular weight excluding hydrogens is 215 g/mol. The first-order chi connectivity index (χ1) is 7.21. The minimum Gasteiger partial charge on any atom is -0.465 e. The molecule has 0 amide bonds. The number of rotatable bonds is 8. The molecule has 1 unspecified atom stereocenters. The second-order valence-corrected chi connectivity index (χ2v) is 4.51. The summed E-state index contributed by atoms with van der Waals surface area (Å²) in [4.78, 5) is 11.6. The monoisotopic (exact) mass is 236 g/mol. The summed E-state index contributed by atoms with van der Waals surface area (Å²) in [7, 11) is -1.15. The Morgan fingerprint density at radius 1 is 1.07 bits per heavy atom. The Hall–Kier alpha value is -0.180. The Morgan fingerprint density at radius 3 is 1.93 bits per heavy atom. The molecule has 0 aliphatic rings. The summed E-state index contributed by atoms with van der Waals surface area (Å²) in [6.07, 6.45) is 0.685. The first-order valence-corrected chi connectivity index (χ1v) is 6.67. The Labute approximate surface area is 93.2 Å². The van der Waals surface area contributed by atoms with Gasteiger partial charge in [-0.1, -0.05) is 6.92 Å². The van der Waals surface area contributed by atoms with Gasteiger partial charge in [0.1, 0.15) is 5.66 Å². The van der Waals surface area contributed by atoms with Crippen LogP contribution in [0.15, 0.2) is 0 Å². The summed E-state index contributed by atoms with van der Waals surface area (Å²) >= 11 is 0. The van der Waals surface area contributed by atoms with Crippen molar-refractivity contribution in [3.8, 4) is 0 Å². The molecule has 0 aromatic heterocycles. The van der Waals surface area contributed by atoms with Gasteiger partial charge in [-0.3, -0.25) is 4.79 Å². The predicted octanol–water partition coefficient (Wildman–Crippen LogP) is 2.71. The molecule has 1 atom stereocenters. The lowest BCUT2D eigenvalue weighted by Crippen LogP contribution is -2.23. The van der Waals surface area contributed by atoms with Crippen LogP contribution in [0.4, 0.5) is 0 Å². The number of ether oxygens (including phenoxy) is 1. The molecule has 0 rings (SSSR count). The van der Waals surface area contributed by atoms with Crippen LogP contribution in [0.25, 0.3) is 0 Å². The van der Waals surface area contributed by atoms with Gasteiger partial charge in [0.15, 0.2) is 8.38 Å². The van der Waals surface area contributed by atoms with Gasteiger partial charge in [-0.25, -0.2) is 0 Å². The SMILES string of the molecule is CCOC(=O)C(CC)P(OCC)OCC. The fourth-order valence-electron chi connectivity index (χ4n) is 1.11. The molecule has 0 N–H and O–H groups in total. The van der Waals surface area contributed by atoms with E-state index < -0.39 is 8.38 Å².